The lowest BCUT2D eigenvalue weighted by atomic mass is 10.0. The standard InChI is InChI=1S/C13H16O2/c1-4-11-5-7-12(8-6-11)9(2)10(3)13(14)15/h5-8H,4H2,1-3H3,(H,14,15). The van der Waals surface area contributed by atoms with Gasteiger partial charge in [-0.05, 0) is 37.0 Å². The van der Waals surface area contributed by atoms with Crippen LogP contribution < -0.4 is 0 Å². The molecule has 0 radical (unpaired) electrons. The van der Waals surface area contributed by atoms with Gasteiger partial charge in [0, 0.05) is 5.57 Å². The minimum Gasteiger partial charge on any atom is -0.478 e. The van der Waals surface area contributed by atoms with E-state index in [0.717, 1.165) is 17.6 Å². The monoisotopic (exact) mass is 204 g/mol. The Balaban J connectivity index is 3.07. The van der Waals surface area contributed by atoms with E-state index in [9.17, 15) is 4.79 Å². The molecule has 0 fully saturated rings. The molecule has 0 aliphatic carbocycles. The Morgan fingerprint density at radius 3 is 2.13 bits per heavy atom. The number of aryl methyl sites for hydroxylation is 1. The first-order valence-corrected chi connectivity index (χ1v) is 5.06. The van der Waals surface area contributed by atoms with Crippen LogP contribution in [0.15, 0.2) is 29.8 Å². The van der Waals surface area contributed by atoms with E-state index in [2.05, 4.69) is 6.92 Å². The summed E-state index contributed by atoms with van der Waals surface area (Å²) in [5, 5.41) is 8.86. The molecule has 1 rings (SSSR count). The van der Waals surface area contributed by atoms with Gasteiger partial charge >= 0.3 is 5.97 Å². The first-order valence-electron chi connectivity index (χ1n) is 5.06. The minimum atomic E-state index is -0.855. The number of aliphatic carboxylic acids is 1. The third-order valence-electron chi connectivity index (χ3n) is 2.68. The molecule has 80 valence electrons. The predicted molar refractivity (Wildman–Crippen MR) is 61.7 cm³/mol. The Morgan fingerprint density at radius 1 is 1.20 bits per heavy atom. The molecule has 0 bridgehead atoms. The number of hydrogen-bond donors (Lipinski definition) is 1. The smallest absolute Gasteiger partial charge is 0.331 e. The highest BCUT2D eigenvalue weighted by molar-refractivity contribution is 5.95. The molecule has 0 atom stereocenters. The average Bonchev–Trinajstić information content (AvgIpc) is 2.27. The maximum atomic E-state index is 10.8. The van der Waals surface area contributed by atoms with Gasteiger partial charge in [-0.2, -0.15) is 0 Å². The van der Waals surface area contributed by atoms with Crippen molar-refractivity contribution in [3.05, 3.63) is 41.0 Å². The van der Waals surface area contributed by atoms with Crippen LogP contribution >= 0.6 is 0 Å². The van der Waals surface area contributed by atoms with E-state index < -0.39 is 5.97 Å². The van der Waals surface area contributed by atoms with E-state index >= 15 is 0 Å². The molecule has 2 nitrogen and oxygen atoms in total. The van der Waals surface area contributed by atoms with E-state index in [4.69, 9.17) is 5.11 Å². The van der Waals surface area contributed by atoms with Crippen LogP contribution in [0.1, 0.15) is 31.9 Å². The Hall–Kier alpha value is -1.57. The highest BCUT2D eigenvalue weighted by Crippen LogP contribution is 2.18. The molecule has 0 unspecified atom stereocenters. The van der Waals surface area contributed by atoms with Gasteiger partial charge < -0.3 is 5.11 Å². The van der Waals surface area contributed by atoms with Gasteiger partial charge in [-0.25, -0.2) is 4.79 Å². The molecule has 2 heteroatoms. The molecule has 0 heterocycles. The zero-order chi connectivity index (χ0) is 11.4. The van der Waals surface area contributed by atoms with Crippen LogP contribution in [0.3, 0.4) is 0 Å². The first kappa shape index (κ1) is 11.5. The first-order chi connectivity index (χ1) is 7.06. The maximum Gasteiger partial charge on any atom is 0.331 e. The van der Waals surface area contributed by atoms with Crippen molar-refractivity contribution in [3.63, 3.8) is 0 Å². The molecule has 0 spiro atoms. The summed E-state index contributed by atoms with van der Waals surface area (Å²) < 4.78 is 0. The zero-order valence-electron chi connectivity index (χ0n) is 9.37. The van der Waals surface area contributed by atoms with Gasteiger partial charge in [0.15, 0.2) is 0 Å². The van der Waals surface area contributed by atoms with Crippen molar-refractivity contribution >= 4 is 11.5 Å². The normalized spacial score (nSPS) is 12.2. The Labute approximate surface area is 90.3 Å². The number of allylic oxidation sites excluding steroid dienone is 1. The van der Waals surface area contributed by atoms with Crippen molar-refractivity contribution in [2.75, 3.05) is 0 Å². The molecule has 1 N–H and O–H groups in total. The van der Waals surface area contributed by atoms with Crippen molar-refractivity contribution in [1.82, 2.24) is 0 Å². The molecule has 0 aliphatic rings. The van der Waals surface area contributed by atoms with Crippen LogP contribution in [0.4, 0.5) is 0 Å². The molecule has 1 aromatic rings. The molecule has 0 amide bonds. The SMILES string of the molecule is CCc1ccc(C(C)=C(C)C(=O)O)cc1. The van der Waals surface area contributed by atoms with E-state index in [-0.39, 0.29) is 0 Å². The average molecular weight is 204 g/mol. The van der Waals surface area contributed by atoms with Crippen molar-refractivity contribution in [2.24, 2.45) is 0 Å². The number of hydrogen-bond acceptors (Lipinski definition) is 1. The Morgan fingerprint density at radius 2 is 1.73 bits per heavy atom. The minimum absolute atomic E-state index is 0.402. The Bertz CT molecular complexity index is 386. The summed E-state index contributed by atoms with van der Waals surface area (Å²) in [4.78, 5) is 10.8. The molecular weight excluding hydrogens is 188 g/mol. The molecule has 0 saturated carbocycles. The fraction of sp³-hybridized carbons (Fsp3) is 0.308. The van der Waals surface area contributed by atoms with Crippen molar-refractivity contribution < 1.29 is 9.90 Å². The highest BCUT2D eigenvalue weighted by Gasteiger charge is 2.06. The van der Waals surface area contributed by atoms with Crippen LogP contribution in [0.25, 0.3) is 5.57 Å². The van der Waals surface area contributed by atoms with Gasteiger partial charge in [0.25, 0.3) is 0 Å². The quantitative estimate of drug-likeness (QED) is 0.768. The summed E-state index contributed by atoms with van der Waals surface area (Å²) in [6.45, 7) is 5.57. The Kier molecular flexibility index (Phi) is 3.67. The summed E-state index contributed by atoms with van der Waals surface area (Å²) in [6.07, 6.45) is 1.00. The van der Waals surface area contributed by atoms with Crippen molar-refractivity contribution in [3.8, 4) is 0 Å². The lowest BCUT2D eigenvalue weighted by molar-refractivity contribution is -0.132. The molecule has 0 aliphatic heterocycles. The lowest BCUT2D eigenvalue weighted by Gasteiger charge is -2.05. The fourth-order valence-electron chi connectivity index (χ4n) is 1.37. The number of carbonyl (C=O) groups is 1. The van der Waals surface area contributed by atoms with Crippen molar-refractivity contribution in [2.45, 2.75) is 27.2 Å². The van der Waals surface area contributed by atoms with Gasteiger partial charge in [-0.1, -0.05) is 31.2 Å². The number of carboxylic acids is 1. The molecule has 15 heavy (non-hydrogen) atoms. The summed E-state index contributed by atoms with van der Waals surface area (Å²) in [5.41, 5.74) is 3.47. The van der Waals surface area contributed by atoms with Gasteiger partial charge in [0.05, 0.1) is 0 Å². The van der Waals surface area contributed by atoms with Crippen molar-refractivity contribution in [1.29, 1.82) is 0 Å². The zero-order valence-corrected chi connectivity index (χ0v) is 9.37. The third kappa shape index (κ3) is 2.69. The maximum absolute atomic E-state index is 10.8. The van der Waals surface area contributed by atoms with E-state index in [1.165, 1.54) is 5.56 Å². The molecule has 0 saturated heterocycles. The van der Waals surface area contributed by atoms with Crippen LogP contribution in [0.2, 0.25) is 0 Å². The largest absolute Gasteiger partial charge is 0.478 e. The summed E-state index contributed by atoms with van der Waals surface area (Å²) in [5.74, 6) is -0.855. The van der Waals surface area contributed by atoms with Crippen LogP contribution in [-0.4, -0.2) is 11.1 Å². The number of rotatable bonds is 3. The fourth-order valence-corrected chi connectivity index (χ4v) is 1.37. The van der Waals surface area contributed by atoms with E-state index in [1.54, 1.807) is 6.92 Å². The number of benzene rings is 1. The molecule has 1 aromatic carbocycles. The summed E-state index contributed by atoms with van der Waals surface area (Å²) in [6, 6.07) is 8.02. The van der Waals surface area contributed by atoms with Gasteiger partial charge in [0.1, 0.15) is 0 Å². The predicted octanol–water partition coefficient (Wildman–Crippen LogP) is 3.13. The highest BCUT2D eigenvalue weighted by atomic mass is 16.4. The lowest BCUT2D eigenvalue weighted by Crippen LogP contribution is -1.99. The van der Waals surface area contributed by atoms with Crippen LogP contribution in [-0.2, 0) is 11.2 Å². The van der Waals surface area contributed by atoms with Crippen LogP contribution in [0, 0.1) is 0 Å². The second-order valence-electron chi connectivity index (χ2n) is 3.61. The van der Waals surface area contributed by atoms with Gasteiger partial charge in [0.2, 0.25) is 0 Å². The summed E-state index contributed by atoms with van der Waals surface area (Å²) >= 11 is 0. The molecular formula is C13H16O2. The molecule has 0 aromatic heterocycles. The second kappa shape index (κ2) is 4.78. The summed E-state index contributed by atoms with van der Waals surface area (Å²) in [7, 11) is 0. The van der Waals surface area contributed by atoms with E-state index in [0.29, 0.717) is 5.57 Å². The topological polar surface area (TPSA) is 37.3 Å². The number of carboxylic acid groups (broad SMARTS) is 1. The van der Waals surface area contributed by atoms with Gasteiger partial charge in [-0.15, -0.1) is 0 Å². The van der Waals surface area contributed by atoms with Crippen LogP contribution in [0.5, 0.6) is 0 Å². The van der Waals surface area contributed by atoms with E-state index in [1.807, 2.05) is 31.2 Å². The third-order valence-corrected chi connectivity index (χ3v) is 2.68. The van der Waals surface area contributed by atoms with Gasteiger partial charge in [-0.3, -0.25) is 0 Å². The second-order valence-corrected chi connectivity index (χ2v) is 3.61.